The summed E-state index contributed by atoms with van der Waals surface area (Å²) in [7, 11) is 2.05. The van der Waals surface area contributed by atoms with Gasteiger partial charge in [-0.3, -0.25) is 4.90 Å². The highest BCUT2D eigenvalue weighted by Crippen LogP contribution is 2.25. The lowest BCUT2D eigenvalue weighted by Crippen LogP contribution is -2.36. The minimum atomic E-state index is -0.201. The monoisotopic (exact) mass is 278 g/mol. The number of halogens is 1. The van der Waals surface area contributed by atoms with Crippen molar-refractivity contribution in [1.29, 1.82) is 0 Å². The van der Waals surface area contributed by atoms with Crippen LogP contribution in [0.1, 0.15) is 24.1 Å². The van der Waals surface area contributed by atoms with Crippen molar-refractivity contribution in [3.63, 3.8) is 0 Å². The molecular formula is C15H19FN2S. The fourth-order valence-electron chi connectivity index (χ4n) is 2.38. The second-order valence-corrected chi connectivity index (χ2v) is 5.68. The van der Waals surface area contributed by atoms with Crippen LogP contribution in [0.25, 0.3) is 0 Å². The molecule has 0 fully saturated rings. The average molecular weight is 278 g/mol. The summed E-state index contributed by atoms with van der Waals surface area (Å²) in [5.74, 6) is -0.201. The van der Waals surface area contributed by atoms with E-state index in [1.165, 1.54) is 17.7 Å². The van der Waals surface area contributed by atoms with Crippen LogP contribution in [0.5, 0.6) is 0 Å². The molecule has 0 amide bonds. The second kappa shape index (κ2) is 6.28. The van der Waals surface area contributed by atoms with Gasteiger partial charge in [0, 0.05) is 12.6 Å². The van der Waals surface area contributed by atoms with E-state index in [0.29, 0.717) is 0 Å². The van der Waals surface area contributed by atoms with Crippen LogP contribution in [0.3, 0.4) is 0 Å². The molecule has 0 bridgehead atoms. The largest absolute Gasteiger partial charge is 0.326 e. The van der Waals surface area contributed by atoms with E-state index in [1.54, 1.807) is 11.3 Å². The van der Waals surface area contributed by atoms with Crippen molar-refractivity contribution in [2.24, 2.45) is 5.73 Å². The van der Waals surface area contributed by atoms with Gasteiger partial charge in [-0.15, -0.1) is 0 Å². The van der Waals surface area contributed by atoms with E-state index in [9.17, 15) is 4.39 Å². The lowest BCUT2D eigenvalue weighted by atomic mass is 10.0. The third-order valence-electron chi connectivity index (χ3n) is 3.20. The summed E-state index contributed by atoms with van der Waals surface area (Å²) in [5.41, 5.74) is 8.44. The normalized spacial score (nSPS) is 14.6. The van der Waals surface area contributed by atoms with Crippen molar-refractivity contribution in [2.45, 2.75) is 25.6 Å². The fourth-order valence-corrected chi connectivity index (χ4v) is 3.07. The molecule has 2 unspecified atom stereocenters. The number of hydrogen-bond acceptors (Lipinski definition) is 3. The molecular weight excluding hydrogens is 259 g/mol. The van der Waals surface area contributed by atoms with Gasteiger partial charge in [-0.25, -0.2) is 4.39 Å². The van der Waals surface area contributed by atoms with E-state index in [0.717, 1.165) is 12.1 Å². The number of likely N-dealkylation sites (N-methyl/N-ethyl adjacent to an activating group) is 1. The Morgan fingerprint density at radius 2 is 1.95 bits per heavy atom. The Kier molecular flexibility index (Phi) is 4.69. The topological polar surface area (TPSA) is 29.3 Å². The number of hydrogen-bond donors (Lipinski definition) is 1. The molecule has 0 aliphatic heterocycles. The van der Waals surface area contributed by atoms with E-state index in [-0.39, 0.29) is 17.9 Å². The first-order chi connectivity index (χ1) is 9.08. The lowest BCUT2D eigenvalue weighted by molar-refractivity contribution is 0.211. The minimum absolute atomic E-state index is 0.0417. The van der Waals surface area contributed by atoms with Crippen molar-refractivity contribution in [2.75, 3.05) is 7.05 Å². The summed E-state index contributed by atoms with van der Waals surface area (Å²) in [4.78, 5) is 2.21. The molecule has 4 heteroatoms. The average Bonchev–Trinajstić information content (AvgIpc) is 2.85. The molecule has 0 radical (unpaired) electrons. The van der Waals surface area contributed by atoms with Crippen LogP contribution in [0, 0.1) is 5.82 Å². The van der Waals surface area contributed by atoms with Crippen LogP contribution >= 0.6 is 11.3 Å². The van der Waals surface area contributed by atoms with Crippen molar-refractivity contribution < 1.29 is 4.39 Å². The zero-order valence-corrected chi connectivity index (χ0v) is 12.0. The molecule has 1 aromatic heterocycles. The van der Waals surface area contributed by atoms with E-state index >= 15 is 0 Å². The Morgan fingerprint density at radius 1 is 1.26 bits per heavy atom. The van der Waals surface area contributed by atoms with Crippen LogP contribution in [0.2, 0.25) is 0 Å². The zero-order valence-electron chi connectivity index (χ0n) is 11.2. The van der Waals surface area contributed by atoms with Crippen molar-refractivity contribution in [3.8, 4) is 0 Å². The third-order valence-corrected chi connectivity index (χ3v) is 3.90. The zero-order chi connectivity index (χ0) is 13.8. The summed E-state index contributed by atoms with van der Waals surface area (Å²) < 4.78 is 12.9. The second-order valence-electron chi connectivity index (χ2n) is 4.90. The Bertz CT molecular complexity index is 493. The Labute approximate surface area is 117 Å². The van der Waals surface area contributed by atoms with Gasteiger partial charge in [-0.05, 0) is 54.1 Å². The Hall–Kier alpha value is -1.23. The van der Waals surface area contributed by atoms with Crippen molar-refractivity contribution >= 4 is 11.3 Å². The number of nitrogens with zero attached hydrogens (tertiary/aromatic N) is 1. The van der Waals surface area contributed by atoms with Crippen LogP contribution in [0.15, 0.2) is 41.1 Å². The van der Waals surface area contributed by atoms with Crippen LogP contribution < -0.4 is 5.73 Å². The van der Waals surface area contributed by atoms with E-state index in [4.69, 9.17) is 5.73 Å². The van der Waals surface area contributed by atoms with Gasteiger partial charge in [0.1, 0.15) is 5.82 Å². The molecule has 2 atom stereocenters. The molecule has 2 rings (SSSR count). The minimum Gasteiger partial charge on any atom is -0.326 e. The number of rotatable bonds is 5. The standard InChI is InChI=1S/C15H19FN2S/c1-11(17)15(13-7-8-19-10-13)18(2)9-12-3-5-14(16)6-4-12/h3-8,10-11,15H,9,17H2,1-2H3. The maximum atomic E-state index is 12.9. The number of benzene rings is 1. The molecule has 0 spiro atoms. The van der Waals surface area contributed by atoms with Crippen molar-refractivity contribution in [3.05, 3.63) is 58.0 Å². The van der Waals surface area contributed by atoms with Gasteiger partial charge in [-0.1, -0.05) is 12.1 Å². The molecule has 102 valence electrons. The highest BCUT2D eigenvalue weighted by atomic mass is 32.1. The molecule has 1 heterocycles. The highest BCUT2D eigenvalue weighted by molar-refractivity contribution is 7.07. The number of nitrogens with two attached hydrogens (primary N) is 1. The quantitative estimate of drug-likeness (QED) is 0.908. The van der Waals surface area contributed by atoms with Gasteiger partial charge in [0.05, 0.1) is 6.04 Å². The van der Waals surface area contributed by atoms with Gasteiger partial charge in [0.25, 0.3) is 0 Å². The summed E-state index contributed by atoms with van der Waals surface area (Å²) in [6.07, 6.45) is 0. The van der Waals surface area contributed by atoms with Crippen LogP contribution in [-0.4, -0.2) is 18.0 Å². The van der Waals surface area contributed by atoms with E-state index < -0.39 is 0 Å². The molecule has 0 saturated carbocycles. The Balaban J connectivity index is 2.12. The first-order valence-electron chi connectivity index (χ1n) is 6.30. The predicted octanol–water partition coefficient (Wildman–Crippen LogP) is 3.41. The third kappa shape index (κ3) is 3.62. The van der Waals surface area contributed by atoms with E-state index in [1.807, 2.05) is 19.1 Å². The first kappa shape index (κ1) is 14.2. The molecule has 2 N–H and O–H groups in total. The molecule has 2 nitrogen and oxygen atoms in total. The number of thiophene rings is 1. The predicted molar refractivity (Wildman–Crippen MR) is 78.6 cm³/mol. The lowest BCUT2D eigenvalue weighted by Gasteiger charge is -2.30. The fraction of sp³-hybridized carbons (Fsp3) is 0.333. The van der Waals surface area contributed by atoms with E-state index in [2.05, 4.69) is 28.8 Å². The van der Waals surface area contributed by atoms with Crippen LogP contribution in [0.4, 0.5) is 4.39 Å². The van der Waals surface area contributed by atoms with Crippen LogP contribution in [-0.2, 0) is 6.54 Å². The van der Waals surface area contributed by atoms with Gasteiger partial charge < -0.3 is 5.73 Å². The highest BCUT2D eigenvalue weighted by Gasteiger charge is 2.21. The van der Waals surface area contributed by atoms with Gasteiger partial charge in [0.2, 0.25) is 0 Å². The maximum Gasteiger partial charge on any atom is 0.123 e. The molecule has 0 aliphatic rings. The van der Waals surface area contributed by atoms with Crippen molar-refractivity contribution in [1.82, 2.24) is 4.90 Å². The smallest absolute Gasteiger partial charge is 0.123 e. The Morgan fingerprint density at radius 3 is 2.47 bits per heavy atom. The summed E-state index contributed by atoms with van der Waals surface area (Å²) in [6, 6.07) is 8.95. The first-order valence-corrected chi connectivity index (χ1v) is 7.24. The SMILES string of the molecule is CC(N)C(c1ccsc1)N(C)Cc1ccc(F)cc1. The molecule has 0 aliphatic carbocycles. The summed E-state index contributed by atoms with van der Waals surface area (Å²) >= 11 is 1.68. The molecule has 0 saturated heterocycles. The molecule has 19 heavy (non-hydrogen) atoms. The summed E-state index contributed by atoms with van der Waals surface area (Å²) in [5, 5.41) is 4.20. The summed E-state index contributed by atoms with van der Waals surface area (Å²) in [6.45, 7) is 2.77. The van der Waals surface area contributed by atoms with Gasteiger partial charge in [0.15, 0.2) is 0 Å². The van der Waals surface area contributed by atoms with Gasteiger partial charge >= 0.3 is 0 Å². The van der Waals surface area contributed by atoms with Gasteiger partial charge in [-0.2, -0.15) is 11.3 Å². The maximum absolute atomic E-state index is 12.9. The molecule has 1 aromatic carbocycles. The molecule has 2 aromatic rings.